The smallest absolute Gasteiger partial charge is 0.308 e. The van der Waals surface area contributed by atoms with Crippen LogP contribution in [0, 0.1) is 11.8 Å². The summed E-state index contributed by atoms with van der Waals surface area (Å²) in [6.45, 7) is 5.41. The predicted octanol–water partition coefficient (Wildman–Crippen LogP) is 3.60. The van der Waals surface area contributed by atoms with Crippen LogP contribution in [0.3, 0.4) is 0 Å². The molecule has 0 N–H and O–H groups in total. The normalized spacial score (nSPS) is 18.0. The number of carbonyl (C=O) groups excluding carboxylic acids is 4. The lowest BCUT2D eigenvalue weighted by molar-refractivity contribution is -0.147. The molecule has 3 atom stereocenters. The summed E-state index contributed by atoms with van der Waals surface area (Å²) in [5.74, 6) is -1.61. The Hall–Kier alpha value is -4.08. The SMILES string of the molecule is COc1cc([C@@H]2c3cc(OC(C)=O)c(OC)cc3C[C@H](COC(C)=O)[C@H]2COC(C)=O)ccc1OC(C)=O. The second-order valence-electron chi connectivity index (χ2n) is 9.01. The zero-order chi connectivity index (χ0) is 28.0. The van der Waals surface area contributed by atoms with Gasteiger partial charge in [0.25, 0.3) is 0 Å². The molecule has 38 heavy (non-hydrogen) atoms. The first-order chi connectivity index (χ1) is 18.0. The Bertz CT molecular complexity index is 1220. The first-order valence-electron chi connectivity index (χ1n) is 12.1. The molecule has 0 spiro atoms. The standard InChI is InChI=1S/C28H32O10/c1-15(29)35-13-21-9-20-11-26(34-6)27(38-18(4)32)12-22(20)28(23(21)14-36-16(2)30)19-7-8-24(37-17(3)31)25(10-19)33-5/h7-8,10-12,21,23,28H,9,13-14H2,1-6H3/t21-,23-,28-/m1/s1. The fourth-order valence-electron chi connectivity index (χ4n) is 4.81. The highest BCUT2D eigenvalue weighted by atomic mass is 16.6. The molecule has 0 bridgehead atoms. The zero-order valence-corrected chi connectivity index (χ0v) is 22.3. The van der Waals surface area contributed by atoms with E-state index in [1.54, 1.807) is 30.3 Å². The Morgan fingerprint density at radius 3 is 1.87 bits per heavy atom. The van der Waals surface area contributed by atoms with Crippen molar-refractivity contribution in [1.82, 2.24) is 0 Å². The molecule has 204 valence electrons. The van der Waals surface area contributed by atoms with Crippen molar-refractivity contribution in [2.45, 2.75) is 40.0 Å². The highest BCUT2D eigenvalue weighted by Gasteiger charge is 2.40. The maximum Gasteiger partial charge on any atom is 0.308 e. The van der Waals surface area contributed by atoms with E-state index in [1.807, 2.05) is 0 Å². The molecular weight excluding hydrogens is 496 g/mol. The van der Waals surface area contributed by atoms with Crippen LogP contribution in [0.5, 0.6) is 23.0 Å². The largest absolute Gasteiger partial charge is 0.493 e. The maximum atomic E-state index is 11.8. The van der Waals surface area contributed by atoms with E-state index < -0.39 is 29.8 Å². The van der Waals surface area contributed by atoms with Crippen LogP contribution >= 0.6 is 0 Å². The number of hydrogen-bond donors (Lipinski definition) is 0. The molecule has 0 heterocycles. The maximum absolute atomic E-state index is 11.8. The molecule has 10 nitrogen and oxygen atoms in total. The first kappa shape index (κ1) is 28.5. The van der Waals surface area contributed by atoms with E-state index in [-0.39, 0.29) is 36.5 Å². The Morgan fingerprint density at radius 1 is 0.711 bits per heavy atom. The summed E-state index contributed by atoms with van der Waals surface area (Å²) in [6.07, 6.45) is 0.490. The molecule has 1 aliphatic carbocycles. The Balaban J connectivity index is 2.23. The molecule has 0 radical (unpaired) electrons. The first-order valence-corrected chi connectivity index (χ1v) is 12.1. The number of esters is 4. The highest BCUT2D eigenvalue weighted by molar-refractivity contribution is 5.72. The topological polar surface area (TPSA) is 124 Å². The molecule has 2 aromatic rings. The Labute approximate surface area is 221 Å². The van der Waals surface area contributed by atoms with Gasteiger partial charge in [-0.1, -0.05) is 6.07 Å². The van der Waals surface area contributed by atoms with Gasteiger partial charge in [-0.2, -0.15) is 0 Å². The van der Waals surface area contributed by atoms with E-state index in [2.05, 4.69) is 0 Å². The average Bonchev–Trinajstić information content (AvgIpc) is 2.85. The lowest BCUT2D eigenvalue weighted by Crippen LogP contribution is -2.37. The van der Waals surface area contributed by atoms with Gasteiger partial charge in [-0.15, -0.1) is 0 Å². The Kier molecular flexibility index (Phi) is 9.33. The molecular formula is C28H32O10. The quantitative estimate of drug-likeness (QED) is 0.352. The zero-order valence-electron chi connectivity index (χ0n) is 22.3. The van der Waals surface area contributed by atoms with Gasteiger partial charge >= 0.3 is 23.9 Å². The van der Waals surface area contributed by atoms with Crippen LogP contribution in [0.4, 0.5) is 0 Å². The van der Waals surface area contributed by atoms with Gasteiger partial charge in [0.05, 0.1) is 27.4 Å². The van der Waals surface area contributed by atoms with Gasteiger partial charge in [-0.25, -0.2) is 0 Å². The van der Waals surface area contributed by atoms with E-state index in [1.165, 1.54) is 41.9 Å². The number of methoxy groups -OCH3 is 2. The third-order valence-electron chi connectivity index (χ3n) is 6.31. The minimum Gasteiger partial charge on any atom is -0.493 e. The third kappa shape index (κ3) is 6.81. The monoisotopic (exact) mass is 528 g/mol. The number of fused-ring (bicyclic) bond motifs is 1. The van der Waals surface area contributed by atoms with Crippen LogP contribution in [-0.2, 0) is 35.1 Å². The lowest BCUT2D eigenvalue weighted by Gasteiger charge is -2.40. The van der Waals surface area contributed by atoms with E-state index in [0.29, 0.717) is 17.9 Å². The van der Waals surface area contributed by atoms with Gasteiger partial charge in [0.2, 0.25) is 0 Å². The van der Waals surface area contributed by atoms with Crippen LogP contribution in [0.25, 0.3) is 0 Å². The fourth-order valence-corrected chi connectivity index (χ4v) is 4.81. The molecule has 3 rings (SSSR count). The molecule has 0 aromatic heterocycles. The van der Waals surface area contributed by atoms with Gasteiger partial charge in [-0.05, 0) is 47.4 Å². The van der Waals surface area contributed by atoms with Crippen molar-refractivity contribution in [3.63, 3.8) is 0 Å². The summed E-state index contributed by atoms with van der Waals surface area (Å²) < 4.78 is 32.5. The Morgan fingerprint density at radius 2 is 1.29 bits per heavy atom. The average molecular weight is 529 g/mol. The van der Waals surface area contributed by atoms with E-state index in [0.717, 1.165) is 16.7 Å². The van der Waals surface area contributed by atoms with Gasteiger partial charge in [0, 0.05) is 45.4 Å². The molecule has 0 saturated carbocycles. The van der Waals surface area contributed by atoms with E-state index in [9.17, 15) is 19.2 Å². The van der Waals surface area contributed by atoms with Crippen molar-refractivity contribution >= 4 is 23.9 Å². The third-order valence-corrected chi connectivity index (χ3v) is 6.31. The summed E-state index contributed by atoms with van der Waals surface area (Å²) in [5.41, 5.74) is 2.48. The molecule has 10 heteroatoms. The van der Waals surface area contributed by atoms with Gasteiger partial charge < -0.3 is 28.4 Å². The summed E-state index contributed by atoms with van der Waals surface area (Å²) >= 11 is 0. The van der Waals surface area contributed by atoms with Crippen LogP contribution in [0.15, 0.2) is 30.3 Å². The molecule has 0 aliphatic heterocycles. The van der Waals surface area contributed by atoms with Gasteiger partial charge in [-0.3, -0.25) is 19.2 Å². The number of carbonyl (C=O) groups is 4. The fraction of sp³-hybridized carbons (Fsp3) is 0.429. The van der Waals surface area contributed by atoms with Crippen molar-refractivity contribution in [3.05, 3.63) is 47.0 Å². The second-order valence-corrected chi connectivity index (χ2v) is 9.01. The van der Waals surface area contributed by atoms with Crippen LogP contribution in [0.1, 0.15) is 50.3 Å². The summed E-state index contributed by atoms with van der Waals surface area (Å²) in [4.78, 5) is 46.9. The van der Waals surface area contributed by atoms with E-state index in [4.69, 9.17) is 28.4 Å². The van der Waals surface area contributed by atoms with E-state index >= 15 is 0 Å². The summed E-state index contributed by atoms with van der Waals surface area (Å²) in [5, 5.41) is 0. The molecule has 0 unspecified atom stereocenters. The van der Waals surface area contributed by atoms with Crippen molar-refractivity contribution in [2.24, 2.45) is 11.8 Å². The molecule has 2 aromatic carbocycles. The minimum absolute atomic E-state index is 0.0499. The van der Waals surface area contributed by atoms with Gasteiger partial charge in [0.15, 0.2) is 23.0 Å². The predicted molar refractivity (Wildman–Crippen MR) is 134 cm³/mol. The summed E-state index contributed by atoms with van der Waals surface area (Å²) in [6, 6.07) is 8.71. The summed E-state index contributed by atoms with van der Waals surface area (Å²) in [7, 11) is 2.94. The number of ether oxygens (including phenoxy) is 6. The second kappa shape index (κ2) is 12.4. The van der Waals surface area contributed by atoms with Crippen LogP contribution in [-0.4, -0.2) is 51.3 Å². The number of rotatable bonds is 9. The van der Waals surface area contributed by atoms with Crippen molar-refractivity contribution < 1.29 is 47.6 Å². The van der Waals surface area contributed by atoms with Crippen molar-refractivity contribution in [1.29, 1.82) is 0 Å². The minimum atomic E-state index is -0.507. The highest BCUT2D eigenvalue weighted by Crippen LogP contribution is 2.48. The van der Waals surface area contributed by atoms with Gasteiger partial charge in [0.1, 0.15) is 0 Å². The molecule has 0 fully saturated rings. The number of hydrogen-bond acceptors (Lipinski definition) is 10. The van der Waals surface area contributed by atoms with Crippen molar-refractivity contribution in [3.8, 4) is 23.0 Å². The van der Waals surface area contributed by atoms with Crippen LogP contribution < -0.4 is 18.9 Å². The number of benzene rings is 2. The molecule has 1 aliphatic rings. The van der Waals surface area contributed by atoms with Crippen LogP contribution in [0.2, 0.25) is 0 Å². The van der Waals surface area contributed by atoms with Crippen molar-refractivity contribution in [2.75, 3.05) is 27.4 Å². The molecule has 0 saturated heterocycles. The lowest BCUT2D eigenvalue weighted by atomic mass is 9.66. The molecule has 0 amide bonds.